The average molecular weight is 331 g/mol. The number of ether oxygens (including phenoxy) is 3. The molecule has 2 aliphatic rings. The monoisotopic (exact) mass is 330 g/mol. The quantitative estimate of drug-likeness (QED) is 0.578. The number of rotatable bonds is 4. The number of hydrogen-bond donors (Lipinski definition) is 0. The maximum atomic E-state index is 6.73. The molecule has 0 spiro atoms. The fraction of sp³-hybridized carbons (Fsp3) is 1.00. The molecule has 22 heavy (non-hydrogen) atoms. The van der Waals surface area contributed by atoms with Gasteiger partial charge in [0.25, 0.3) is 0 Å². The molecule has 0 radical (unpaired) electrons. The van der Waals surface area contributed by atoms with E-state index in [9.17, 15) is 0 Å². The van der Waals surface area contributed by atoms with Crippen LogP contribution in [0.4, 0.5) is 0 Å². The lowest BCUT2D eigenvalue weighted by molar-refractivity contribution is -0.338. The van der Waals surface area contributed by atoms with E-state index in [2.05, 4.69) is 47.7 Å². The second kappa shape index (κ2) is 5.85. The molecular formula is C17H34O4Si. The molecule has 2 heterocycles. The van der Waals surface area contributed by atoms with E-state index >= 15 is 0 Å². The van der Waals surface area contributed by atoms with Crippen molar-refractivity contribution in [2.75, 3.05) is 6.61 Å². The minimum absolute atomic E-state index is 0.0343. The Morgan fingerprint density at radius 1 is 1.14 bits per heavy atom. The SMILES string of the molecule is CC(C)[C@H]1OC(C)(C)O[C@@H]([C@@H]2CO2)[C@@H]1O[Si](C)(C)C(C)(C)C. The van der Waals surface area contributed by atoms with Crippen LogP contribution in [0.25, 0.3) is 0 Å². The normalized spacial score (nSPS) is 35.7. The van der Waals surface area contributed by atoms with Gasteiger partial charge in [0.15, 0.2) is 14.1 Å². The maximum Gasteiger partial charge on any atom is 0.192 e. The van der Waals surface area contributed by atoms with Crippen LogP contribution in [0.15, 0.2) is 0 Å². The Morgan fingerprint density at radius 3 is 2.09 bits per heavy atom. The molecule has 0 aliphatic carbocycles. The van der Waals surface area contributed by atoms with Gasteiger partial charge in [-0.05, 0) is 37.9 Å². The van der Waals surface area contributed by atoms with E-state index in [-0.39, 0.29) is 29.5 Å². The Balaban J connectivity index is 2.26. The molecule has 4 atom stereocenters. The van der Waals surface area contributed by atoms with Gasteiger partial charge in [0.1, 0.15) is 18.3 Å². The molecule has 0 unspecified atom stereocenters. The van der Waals surface area contributed by atoms with E-state index in [1.54, 1.807) is 0 Å². The highest BCUT2D eigenvalue weighted by atomic mass is 28.4. The second-order valence-electron chi connectivity index (χ2n) is 9.02. The summed E-state index contributed by atoms with van der Waals surface area (Å²) in [5.41, 5.74) is 0. The molecule has 0 aromatic heterocycles. The zero-order valence-electron chi connectivity index (χ0n) is 15.7. The Kier molecular flexibility index (Phi) is 4.89. The van der Waals surface area contributed by atoms with Gasteiger partial charge in [0.2, 0.25) is 0 Å². The van der Waals surface area contributed by atoms with Crippen LogP contribution in [0.5, 0.6) is 0 Å². The van der Waals surface area contributed by atoms with E-state index in [1.165, 1.54) is 0 Å². The summed E-state index contributed by atoms with van der Waals surface area (Å²) in [7, 11) is -1.90. The molecule has 2 saturated heterocycles. The minimum Gasteiger partial charge on any atom is -0.408 e. The predicted octanol–water partition coefficient (Wildman–Crippen LogP) is 3.95. The fourth-order valence-electron chi connectivity index (χ4n) is 2.70. The topological polar surface area (TPSA) is 40.2 Å². The molecule has 0 aromatic rings. The molecule has 0 aromatic carbocycles. The lowest BCUT2D eigenvalue weighted by Crippen LogP contribution is -2.62. The second-order valence-corrected chi connectivity index (χ2v) is 13.8. The van der Waals surface area contributed by atoms with E-state index in [4.69, 9.17) is 18.6 Å². The van der Waals surface area contributed by atoms with Crippen LogP contribution < -0.4 is 0 Å². The van der Waals surface area contributed by atoms with E-state index < -0.39 is 14.1 Å². The van der Waals surface area contributed by atoms with E-state index in [0.29, 0.717) is 5.92 Å². The lowest BCUT2D eigenvalue weighted by atomic mass is 9.94. The molecule has 130 valence electrons. The lowest BCUT2D eigenvalue weighted by Gasteiger charge is -2.50. The average Bonchev–Trinajstić information content (AvgIpc) is 3.12. The third kappa shape index (κ3) is 3.93. The molecule has 2 fully saturated rings. The van der Waals surface area contributed by atoms with E-state index in [1.807, 2.05) is 13.8 Å². The summed E-state index contributed by atoms with van der Waals surface area (Å²) >= 11 is 0. The molecule has 5 heteroatoms. The third-order valence-corrected chi connectivity index (χ3v) is 9.58. The Morgan fingerprint density at radius 2 is 1.68 bits per heavy atom. The van der Waals surface area contributed by atoms with Crippen LogP contribution >= 0.6 is 0 Å². The standard InChI is InChI=1S/C17H34O4Si/c1-11(2)13-15(21-22(8,9)16(3,4)5)14(12-10-18-12)20-17(6,7)19-13/h11-15H,10H2,1-9H3/t12-,13+,14-,15+/m0/s1. The molecule has 0 N–H and O–H groups in total. The smallest absolute Gasteiger partial charge is 0.192 e. The first-order chi connectivity index (χ1) is 9.84. The van der Waals surface area contributed by atoms with Crippen molar-refractivity contribution in [3.8, 4) is 0 Å². The van der Waals surface area contributed by atoms with Crippen molar-refractivity contribution in [1.82, 2.24) is 0 Å². The summed E-state index contributed by atoms with van der Waals surface area (Å²) in [6.45, 7) is 20.5. The highest BCUT2D eigenvalue weighted by Crippen LogP contribution is 2.43. The summed E-state index contributed by atoms with van der Waals surface area (Å²) in [5.74, 6) is -0.210. The van der Waals surface area contributed by atoms with Gasteiger partial charge in [0, 0.05) is 0 Å². The van der Waals surface area contributed by atoms with Crippen molar-refractivity contribution >= 4 is 8.32 Å². The van der Waals surface area contributed by atoms with Crippen LogP contribution in [0.2, 0.25) is 18.1 Å². The largest absolute Gasteiger partial charge is 0.408 e. The highest BCUT2D eigenvalue weighted by Gasteiger charge is 2.54. The first-order valence-corrected chi connectivity index (χ1v) is 11.4. The third-order valence-electron chi connectivity index (χ3n) is 5.11. The van der Waals surface area contributed by atoms with Gasteiger partial charge in [-0.15, -0.1) is 0 Å². The molecule has 0 bridgehead atoms. The van der Waals surface area contributed by atoms with Crippen molar-refractivity contribution < 1.29 is 18.6 Å². The van der Waals surface area contributed by atoms with E-state index in [0.717, 1.165) is 6.61 Å². The van der Waals surface area contributed by atoms with Crippen molar-refractivity contribution in [3.05, 3.63) is 0 Å². The fourth-order valence-corrected chi connectivity index (χ4v) is 4.01. The van der Waals surface area contributed by atoms with Crippen molar-refractivity contribution in [2.24, 2.45) is 5.92 Å². The number of hydrogen-bond acceptors (Lipinski definition) is 4. The minimum atomic E-state index is -1.90. The Labute approximate surface area is 137 Å². The van der Waals surface area contributed by atoms with Crippen LogP contribution in [0, 0.1) is 5.92 Å². The van der Waals surface area contributed by atoms with Gasteiger partial charge in [-0.1, -0.05) is 34.6 Å². The van der Waals surface area contributed by atoms with Crippen LogP contribution in [0.3, 0.4) is 0 Å². The summed E-state index contributed by atoms with van der Waals surface area (Å²) in [5, 5.41) is 0.163. The van der Waals surface area contributed by atoms with Crippen LogP contribution in [-0.2, 0) is 18.6 Å². The van der Waals surface area contributed by atoms with Gasteiger partial charge < -0.3 is 18.6 Å². The molecule has 2 rings (SSSR count). The van der Waals surface area contributed by atoms with Gasteiger partial charge in [-0.2, -0.15) is 0 Å². The van der Waals surface area contributed by atoms with Crippen molar-refractivity contribution in [1.29, 1.82) is 0 Å². The highest BCUT2D eigenvalue weighted by molar-refractivity contribution is 6.74. The van der Waals surface area contributed by atoms with Gasteiger partial charge >= 0.3 is 0 Å². The summed E-state index contributed by atoms with van der Waals surface area (Å²) in [6.07, 6.45) is 0.0953. The van der Waals surface area contributed by atoms with Crippen molar-refractivity contribution in [3.63, 3.8) is 0 Å². The zero-order valence-corrected chi connectivity index (χ0v) is 16.7. The molecule has 0 saturated carbocycles. The molecule has 2 aliphatic heterocycles. The zero-order chi connectivity index (χ0) is 16.9. The van der Waals surface area contributed by atoms with Gasteiger partial charge in [0.05, 0.1) is 12.7 Å². The summed E-state index contributed by atoms with van der Waals surface area (Å²) in [6, 6.07) is 0. The summed E-state index contributed by atoms with van der Waals surface area (Å²) in [4.78, 5) is 0. The van der Waals surface area contributed by atoms with Gasteiger partial charge in [-0.25, -0.2) is 0 Å². The molecular weight excluding hydrogens is 296 g/mol. The molecule has 0 amide bonds. The first kappa shape index (κ1) is 18.4. The number of epoxide rings is 1. The first-order valence-electron chi connectivity index (χ1n) is 8.49. The molecule has 4 nitrogen and oxygen atoms in total. The van der Waals surface area contributed by atoms with Gasteiger partial charge in [-0.3, -0.25) is 0 Å². The van der Waals surface area contributed by atoms with Crippen LogP contribution in [-0.4, -0.2) is 45.1 Å². The van der Waals surface area contributed by atoms with Crippen molar-refractivity contribution in [2.45, 2.75) is 96.8 Å². The Hall–Kier alpha value is 0.0569. The summed E-state index contributed by atoms with van der Waals surface area (Å²) < 4.78 is 24.7. The van der Waals surface area contributed by atoms with Crippen LogP contribution in [0.1, 0.15) is 48.5 Å². The Bertz CT molecular complexity index is 382. The maximum absolute atomic E-state index is 6.73. The predicted molar refractivity (Wildman–Crippen MR) is 90.5 cm³/mol.